The topological polar surface area (TPSA) is 98.7 Å². The first-order chi connectivity index (χ1) is 17.6. The molecule has 0 bridgehead atoms. The predicted octanol–water partition coefficient (Wildman–Crippen LogP) is 4.31. The summed E-state index contributed by atoms with van der Waals surface area (Å²) in [7, 11) is 3.14. The summed E-state index contributed by atoms with van der Waals surface area (Å²) < 4.78 is 22.7. The molecule has 200 valence electrons. The number of benzene rings is 1. The molecule has 10 heteroatoms. The van der Waals surface area contributed by atoms with E-state index in [0.29, 0.717) is 40.0 Å². The molecule has 0 aromatic heterocycles. The Bertz CT molecular complexity index is 1150. The van der Waals surface area contributed by atoms with E-state index < -0.39 is 17.6 Å². The SMILES string of the molecule is COc1cccc([C@@H]2C(C(=O)OC(C)(C)C)=C(C)N=C3SC=C(CC(=O)NC[C@@H]4CCCO4)N32)c1OC. The minimum absolute atomic E-state index is 0.0566. The van der Waals surface area contributed by atoms with Gasteiger partial charge in [-0.2, -0.15) is 0 Å². The van der Waals surface area contributed by atoms with Crippen LogP contribution in [0.1, 0.15) is 58.6 Å². The number of para-hydroxylation sites is 1. The summed E-state index contributed by atoms with van der Waals surface area (Å²) in [6, 6.07) is 4.92. The Hall–Kier alpha value is -2.98. The van der Waals surface area contributed by atoms with Crippen LogP contribution in [0.15, 0.2) is 45.6 Å². The lowest BCUT2D eigenvalue weighted by atomic mass is 9.92. The van der Waals surface area contributed by atoms with Crippen molar-refractivity contribution in [1.82, 2.24) is 10.2 Å². The fourth-order valence-corrected chi connectivity index (χ4v) is 5.61. The molecule has 0 unspecified atom stereocenters. The average molecular weight is 530 g/mol. The van der Waals surface area contributed by atoms with Crippen molar-refractivity contribution in [2.45, 2.75) is 64.7 Å². The molecule has 2 atom stereocenters. The number of nitrogens with one attached hydrogen (secondary N) is 1. The van der Waals surface area contributed by atoms with E-state index in [1.165, 1.54) is 11.8 Å². The second kappa shape index (κ2) is 11.2. The molecule has 4 rings (SSSR count). The van der Waals surface area contributed by atoms with Crippen molar-refractivity contribution in [3.63, 3.8) is 0 Å². The third-order valence-electron chi connectivity index (χ3n) is 6.24. The molecule has 1 N–H and O–H groups in total. The molecular formula is C27H35N3O6S. The average Bonchev–Trinajstić information content (AvgIpc) is 3.50. The number of rotatable bonds is 8. The maximum Gasteiger partial charge on any atom is 0.338 e. The number of amidine groups is 1. The minimum atomic E-state index is -0.696. The van der Waals surface area contributed by atoms with Crippen molar-refractivity contribution in [1.29, 1.82) is 0 Å². The standard InChI is InChI=1S/C27H35N3O6S/c1-16-22(25(32)36-27(2,3)4)23(19-10-7-11-20(33-5)24(19)34-6)30-17(15-37-26(30)29-16)13-21(31)28-14-18-9-8-12-35-18/h7,10-11,15,18,23H,8-9,12-14H2,1-6H3,(H,28,31)/t18-,23+/m0/s1. The number of hydrogen-bond acceptors (Lipinski definition) is 9. The minimum Gasteiger partial charge on any atom is -0.493 e. The van der Waals surface area contributed by atoms with Crippen LogP contribution in [0.5, 0.6) is 11.5 Å². The number of carbonyl (C=O) groups is 2. The Kier molecular flexibility index (Phi) is 8.18. The van der Waals surface area contributed by atoms with Gasteiger partial charge in [-0.25, -0.2) is 9.79 Å². The second-order valence-electron chi connectivity index (χ2n) is 10.1. The quantitative estimate of drug-likeness (QED) is 0.498. The van der Waals surface area contributed by atoms with Crippen LogP contribution in [0.25, 0.3) is 0 Å². The number of carbonyl (C=O) groups excluding carboxylic acids is 2. The van der Waals surface area contributed by atoms with Gasteiger partial charge in [0.1, 0.15) is 5.60 Å². The number of allylic oxidation sites excluding steroid dienone is 1. The molecule has 1 aromatic carbocycles. The van der Waals surface area contributed by atoms with Crippen LogP contribution in [0.2, 0.25) is 0 Å². The highest BCUT2D eigenvalue weighted by molar-refractivity contribution is 8.16. The summed E-state index contributed by atoms with van der Waals surface area (Å²) in [6.07, 6.45) is 2.14. The number of methoxy groups -OCH3 is 2. The first kappa shape index (κ1) is 27.1. The molecule has 1 aromatic rings. The lowest BCUT2D eigenvalue weighted by Crippen LogP contribution is -2.40. The number of nitrogens with zero attached hydrogens (tertiary/aromatic N) is 2. The van der Waals surface area contributed by atoms with Crippen molar-refractivity contribution in [2.24, 2.45) is 4.99 Å². The first-order valence-electron chi connectivity index (χ1n) is 12.4. The van der Waals surface area contributed by atoms with Crippen molar-refractivity contribution >= 4 is 28.8 Å². The molecule has 0 radical (unpaired) electrons. The number of thioether (sulfide) groups is 1. The third-order valence-corrected chi connectivity index (χ3v) is 7.13. The number of fused-ring (bicyclic) bond motifs is 1. The highest BCUT2D eigenvalue weighted by Gasteiger charge is 2.43. The zero-order valence-electron chi connectivity index (χ0n) is 22.3. The summed E-state index contributed by atoms with van der Waals surface area (Å²) in [5.74, 6) is 0.452. The molecule has 1 saturated heterocycles. The Morgan fingerprint density at radius 2 is 2.03 bits per heavy atom. The van der Waals surface area contributed by atoms with Gasteiger partial charge in [-0.15, -0.1) is 0 Å². The fourth-order valence-electron chi connectivity index (χ4n) is 4.65. The first-order valence-corrected chi connectivity index (χ1v) is 13.3. The summed E-state index contributed by atoms with van der Waals surface area (Å²) in [5.41, 5.74) is 1.69. The summed E-state index contributed by atoms with van der Waals surface area (Å²) >= 11 is 1.42. The van der Waals surface area contributed by atoms with E-state index in [0.717, 1.165) is 25.1 Å². The van der Waals surface area contributed by atoms with E-state index in [9.17, 15) is 9.59 Å². The highest BCUT2D eigenvalue weighted by atomic mass is 32.2. The lowest BCUT2D eigenvalue weighted by Gasteiger charge is -2.37. The molecule has 3 aliphatic heterocycles. The van der Waals surface area contributed by atoms with Gasteiger partial charge >= 0.3 is 5.97 Å². The van der Waals surface area contributed by atoms with Crippen LogP contribution in [-0.2, 0) is 19.1 Å². The summed E-state index contributed by atoms with van der Waals surface area (Å²) in [6.45, 7) is 8.50. The van der Waals surface area contributed by atoms with Crippen LogP contribution in [-0.4, -0.2) is 61.0 Å². The fraction of sp³-hybridized carbons (Fsp3) is 0.519. The second-order valence-corrected chi connectivity index (χ2v) is 10.9. The molecule has 0 spiro atoms. The predicted molar refractivity (Wildman–Crippen MR) is 142 cm³/mol. The molecule has 1 amide bonds. The summed E-state index contributed by atoms with van der Waals surface area (Å²) in [4.78, 5) is 33.2. The van der Waals surface area contributed by atoms with Crippen molar-refractivity contribution in [3.8, 4) is 11.5 Å². The van der Waals surface area contributed by atoms with Crippen LogP contribution in [0, 0.1) is 0 Å². The van der Waals surface area contributed by atoms with Gasteiger partial charge in [-0.1, -0.05) is 23.9 Å². The lowest BCUT2D eigenvalue weighted by molar-refractivity contribution is -0.150. The monoisotopic (exact) mass is 529 g/mol. The highest BCUT2D eigenvalue weighted by Crippen LogP contribution is 2.48. The maximum atomic E-state index is 13.6. The smallest absolute Gasteiger partial charge is 0.338 e. The number of hydrogen-bond donors (Lipinski definition) is 1. The zero-order valence-corrected chi connectivity index (χ0v) is 23.1. The van der Waals surface area contributed by atoms with E-state index >= 15 is 0 Å². The Labute approximate surface area is 222 Å². The van der Waals surface area contributed by atoms with Gasteiger partial charge < -0.3 is 29.2 Å². The van der Waals surface area contributed by atoms with Crippen LogP contribution >= 0.6 is 11.8 Å². The van der Waals surface area contributed by atoms with Crippen LogP contribution in [0.4, 0.5) is 0 Å². The molecule has 0 saturated carbocycles. The molecular weight excluding hydrogens is 494 g/mol. The molecule has 9 nitrogen and oxygen atoms in total. The Balaban J connectivity index is 1.71. The van der Waals surface area contributed by atoms with E-state index in [2.05, 4.69) is 5.32 Å². The summed E-state index contributed by atoms with van der Waals surface area (Å²) in [5, 5.41) is 5.58. The van der Waals surface area contributed by atoms with Crippen LogP contribution < -0.4 is 14.8 Å². The number of esters is 1. The normalized spacial score (nSPS) is 21.3. The van der Waals surface area contributed by atoms with Gasteiger partial charge in [0.15, 0.2) is 16.7 Å². The number of aliphatic imine (C=N–C) groups is 1. The van der Waals surface area contributed by atoms with E-state index in [-0.39, 0.29) is 18.4 Å². The molecule has 1 fully saturated rings. The van der Waals surface area contributed by atoms with Gasteiger partial charge in [0.2, 0.25) is 5.91 Å². The number of amides is 1. The van der Waals surface area contributed by atoms with Gasteiger partial charge in [-0.3, -0.25) is 4.79 Å². The van der Waals surface area contributed by atoms with Crippen molar-refractivity contribution in [2.75, 3.05) is 27.4 Å². The van der Waals surface area contributed by atoms with Crippen LogP contribution in [0.3, 0.4) is 0 Å². The molecule has 3 aliphatic rings. The third kappa shape index (κ3) is 5.96. The van der Waals surface area contributed by atoms with Gasteiger partial charge in [0, 0.05) is 24.4 Å². The zero-order chi connectivity index (χ0) is 26.7. The van der Waals surface area contributed by atoms with Crippen molar-refractivity contribution < 1.29 is 28.5 Å². The van der Waals surface area contributed by atoms with Gasteiger partial charge in [0.05, 0.1) is 44.1 Å². The number of ether oxygens (including phenoxy) is 4. The maximum absolute atomic E-state index is 13.6. The molecule has 3 heterocycles. The Morgan fingerprint density at radius 1 is 1.24 bits per heavy atom. The van der Waals surface area contributed by atoms with E-state index in [1.807, 2.05) is 43.2 Å². The molecule has 37 heavy (non-hydrogen) atoms. The largest absolute Gasteiger partial charge is 0.493 e. The van der Waals surface area contributed by atoms with Crippen molar-refractivity contribution in [3.05, 3.63) is 46.1 Å². The van der Waals surface area contributed by atoms with Gasteiger partial charge in [0.25, 0.3) is 0 Å². The van der Waals surface area contributed by atoms with E-state index in [4.69, 9.17) is 23.9 Å². The van der Waals surface area contributed by atoms with Gasteiger partial charge in [-0.05, 0) is 52.0 Å². The molecule has 0 aliphatic carbocycles. The van der Waals surface area contributed by atoms with E-state index in [1.54, 1.807) is 27.2 Å². The Morgan fingerprint density at radius 3 is 2.68 bits per heavy atom.